The first-order valence-electron chi connectivity index (χ1n) is 5.55. The molecule has 1 aromatic rings. The van der Waals surface area contributed by atoms with Gasteiger partial charge in [0.2, 0.25) is 0 Å². The van der Waals surface area contributed by atoms with E-state index in [0.717, 1.165) is 0 Å². The first kappa shape index (κ1) is 15.5. The van der Waals surface area contributed by atoms with Crippen LogP contribution in [0.1, 0.15) is 30.1 Å². The van der Waals surface area contributed by atoms with E-state index in [0.29, 0.717) is 17.0 Å². The molecule has 18 heavy (non-hydrogen) atoms. The van der Waals surface area contributed by atoms with Gasteiger partial charge in [0.15, 0.2) is 5.78 Å². The van der Waals surface area contributed by atoms with Crippen molar-refractivity contribution in [3.8, 4) is 0 Å². The van der Waals surface area contributed by atoms with Gasteiger partial charge in [-0.05, 0) is 18.6 Å². The molecule has 0 radical (unpaired) electrons. The van der Waals surface area contributed by atoms with Gasteiger partial charge in [0.1, 0.15) is 9.84 Å². The molecule has 1 aromatic carbocycles. The number of Topliss-reactive ketones (excluding diaryl/α,β-unsaturated/α-hetero) is 1. The van der Waals surface area contributed by atoms with Crippen LogP contribution in [0.25, 0.3) is 0 Å². The third kappa shape index (κ3) is 4.26. The van der Waals surface area contributed by atoms with E-state index in [2.05, 4.69) is 0 Å². The van der Waals surface area contributed by atoms with Crippen LogP contribution in [0.4, 0.5) is 0 Å². The highest BCUT2D eigenvalue weighted by molar-refractivity contribution is 7.91. The van der Waals surface area contributed by atoms with Crippen LogP contribution in [0, 0.1) is 0 Å². The molecule has 0 aliphatic heterocycles. The van der Waals surface area contributed by atoms with Crippen molar-refractivity contribution in [3.63, 3.8) is 0 Å². The summed E-state index contributed by atoms with van der Waals surface area (Å²) in [4.78, 5) is 11.9. The van der Waals surface area contributed by atoms with Crippen molar-refractivity contribution in [1.29, 1.82) is 0 Å². The lowest BCUT2D eigenvalue weighted by Gasteiger charge is -2.05. The summed E-state index contributed by atoms with van der Waals surface area (Å²) in [6, 6.07) is 4.83. The van der Waals surface area contributed by atoms with E-state index in [4.69, 9.17) is 23.2 Å². The molecule has 0 aliphatic rings. The molecule has 0 saturated heterocycles. The van der Waals surface area contributed by atoms with Gasteiger partial charge < -0.3 is 0 Å². The van der Waals surface area contributed by atoms with Crippen LogP contribution in [0.2, 0.25) is 10.0 Å². The molecule has 0 bridgehead atoms. The molecule has 0 saturated carbocycles. The Morgan fingerprint density at radius 1 is 1.28 bits per heavy atom. The Bertz CT molecular complexity index is 538. The number of hydrogen-bond donors (Lipinski definition) is 0. The fraction of sp³-hybridized carbons (Fsp3) is 0.417. The van der Waals surface area contributed by atoms with Crippen molar-refractivity contribution < 1.29 is 13.2 Å². The molecule has 0 N–H and O–H groups in total. The standard InChI is InChI=1S/C12H14Cl2O3S/c1-2-18(16,17)8-4-7-11(15)9-5-3-6-10(13)12(9)14/h3,5-6H,2,4,7-8H2,1H3. The molecule has 0 heterocycles. The van der Waals surface area contributed by atoms with Crippen molar-refractivity contribution in [3.05, 3.63) is 33.8 Å². The Morgan fingerprint density at radius 2 is 1.94 bits per heavy atom. The molecule has 0 spiro atoms. The topological polar surface area (TPSA) is 51.2 Å². The molecule has 6 heteroatoms. The molecular formula is C12H14Cl2O3S. The van der Waals surface area contributed by atoms with Gasteiger partial charge in [-0.15, -0.1) is 0 Å². The van der Waals surface area contributed by atoms with E-state index in [-0.39, 0.29) is 28.7 Å². The highest BCUT2D eigenvalue weighted by Crippen LogP contribution is 2.26. The maximum Gasteiger partial charge on any atom is 0.164 e. The number of halogens is 2. The average Bonchev–Trinajstić information content (AvgIpc) is 2.32. The Balaban J connectivity index is 2.64. The van der Waals surface area contributed by atoms with Gasteiger partial charge in [0.25, 0.3) is 0 Å². The second kappa shape index (κ2) is 6.55. The van der Waals surface area contributed by atoms with Gasteiger partial charge in [-0.25, -0.2) is 8.42 Å². The van der Waals surface area contributed by atoms with Gasteiger partial charge in [-0.3, -0.25) is 4.79 Å². The van der Waals surface area contributed by atoms with Gasteiger partial charge in [-0.1, -0.05) is 36.2 Å². The van der Waals surface area contributed by atoms with E-state index < -0.39 is 9.84 Å². The summed E-state index contributed by atoms with van der Waals surface area (Å²) in [6.07, 6.45) is 0.455. The fourth-order valence-electron chi connectivity index (χ4n) is 1.45. The van der Waals surface area contributed by atoms with Crippen LogP contribution in [-0.4, -0.2) is 25.7 Å². The maximum atomic E-state index is 11.9. The summed E-state index contributed by atoms with van der Waals surface area (Å²) < 4.78 is 22.6. The minimum atomic E-state index is -3.03. The second-order valence-electron chi connectivity index (χ2n) is 3.86. The van der Waals surface area contributed by atoms with Gasteiger partial charge in [0.05, 0.1) is 15.8 Å². The van der Waals surface area contributed by atoms with Crippen molar-refractivity contribution in [1.82, 2.24) is 0 Å². The Hall–Kier alpha value is -0.580. The maximum absolute atomic E-state index is 11.9. The summed E-state index contributed by atoms with van der Waals surface area (Å²) in [7, 11) is -3.03. The minimum absolute atomic E-state index is 0.0213. The summed E-state index contributed by atoms with van der Waals surface area (Å²) in [5.74, 6) is -0.0687. The Labute approximate surface area is 117 Å². The molecule has 0 atom stereocenters. The van der Waals surface area contributed by atoms with E-state index in [9.17, 15) is 13.2 Å². The smallest absolute Gasteiger partial charge is 0.164 e. The lowest BCUT2D eigenvalue weighted by molar-refractivity contribution is 0.0982. The zero-order valence-electron chi connectivity index (χ0n) is 9.95. The Kier molecular flexibility index (Phi) is 5.63. The van der Waals surface area contributed by atoms with Crippen LogP contribution in [0.3, 0.4) is 0 Å². The summed E-state index contributed by atoms with van der Waals surface area (Å²) in [6.45, 7) is 1.59. The fourth-order valence-corrected chi connectivity index (χ4v) is 2.73. The van der Waals surface area contributed by atoms with Gasteiger partial charge >= 0.3 is 0 Å². The highest BCUT2D eigenvalue weighted by atomic mass is 35.5. The number of hydrogen-bond acceptors (Lipinski definition) is 3. The van der Waals surface area contributed by atoms with Crippen molar-refractivity contribution in [2.24, 2.45) is 0 Å². The summed E-state index contributed by atoms with van der Waals surface area (Å²) in [5.41, 5.74) is 0.345. The Morgan fingerprint density at radius 3 is 2.56 bits per heavy atom. The minimum Gasteiger partial charge on any atom is -0.294 e. The largest absolute Gasteiger partial charge is 0.294 e. The van der Waals surface area contributed by atoms with Crippen LogP contribution in [0.5, 0.6) is 0 Å². The number of ketones is 1. The molecule has 1 rings (SSSR count). The summed E-state index contributed by atoms with van der Waals surface area (Å²) in [5, 5.41) is 0.547. The molecular weight excluding hydrogens is 295 g/mol. The van der Waals surface area contributed by atoms with E-state index in [1.807, 2.05) is 0 Å². The predicted octanol–water partition coefficient (Wildman–Crippen LogP) is 3.39. The number of carbonyl (C=O) groups is 1. The number of rotatable bonds is 6. The highest BCUT2D eigenvalue weighted by Gasteiger charge is 2.14. The van der Waals surface area contributed by atoms with Gasteiger partial charge in [-0.2, -0.15) is 0 Å². The second-order valence-corrected chi connectivity index (χ2v) is 7.12. The zero-order valence-corrected chi connectivity index (χ0v) is 12.3. The molecule has 3 nitrogen and oxygen atoms in total. The number of sulfone groups is 1. The SMILES string of the molecule is CCS(=O)(=O)CCCC(=O)c1cccc(Cl)c1Cl. The van der Waals surface area contributed by atoms with Crippen molar-refractivity contribution in [2.75, 3.05) is 11.5 Å². The quantitative estimate of drug-likeness (QED) is 0.757. The van der Waals surface area contributed by atoms with E-state index in [1.54, 1.807) is 25.1 Å². The van der Waals surface area contributed by atoms with Gasteiger partial charge in [0, 0.05) is 17.7 Å². The zero-order chi connectivity index (χ0) is 13.8. The first-order chi connectivity index (χ1) is 8.37. The van der Waals surface area contributed by atoms with Crippen molar-refractivity contribution in [2.45, 2.75) is 19.8 Å². The molecule has 0 amide bonds. The molecule has 0 aromatic heterocycles. The predicted molar refractivity (Wildman–Crippen MR) is 74.4 cm³/mol. The third-order valence-electron chi connectivity index (χ3n) is 2.55. The van der Waals surface area contributed by atoms with E-state index >= 15 is 0 Å². The third-order valence-corrected chi connectivity index (χ3v) is 5.16. The lowest BCUT2D eigenvalue weighted by Crippen LogP contribution is -2.10. The monoisotopic (exact) mass is 308 g/mol. The number of carbonyl (C=O) groups excluding carboxylic acids is 1. The van der Waals surface area contributed by atoms with Crippen LogP contribution in [-0.2, 0) is 9.84 Å². The van der Waals surface area contributed by atoms with E-state index in [1.165, 1.54) is 0 Å². The molecule has 0 aliphatic carbocycles. The average molecular weight is 309 g/mol. The molecule has 0 unspecified atom stereocenters. The molecule has 0 fully saturated rings. The van der Waals surface area contributed by atoms with Crippen LogP contribution < -0.4 is 0 Å². The first-order valence-corrected chi connectivity index (χ1v) is 8.12. The lowest BCUT2D eigenvalue weighted by atomic mass is 10.1. The number of benzene rings is 1. The van der Waals surface area contributed by atoms with Crippen molar-refractivity contribution >= 4 is 38.8 Å². The summed E-state index contributed by atoms with van der Waals surface area (Å²) >= 11 is 11.7. The van der Waals surface area contributed by atoms with Crippen LogP contribution >= 0.6 is 23.2 Å². The molecule has 100 valence electrons. The van der Waals surface area contributed by atoms with Crippen LogP contribution in [0.15, 0.2) is 18.2 Å². The normalized spacial score (nSPS) is 11.5.